The average molecular weight is 355 g/mol. The first kappa shape index (κ1) is 18.5. The SMILES string of the molecule is CCC(=O)N(C)C1(c2nnnn2-c2c(C)cccc2C)CCC(C)CC1. The molecular weight excluding hydrogens is 326 g/mol. The number of carbonyl (C=O) groups excluding carboxylic acids is 1. The fraction of sp³-hybridized carbons (Fsp3) is 0.600. The van der Waals surface area contributed by atoms with Gasteiger partial charge >= 0.3 is 0 Å². The van der Waals surface area contributed by atoms with Gasteiger partial charge in [0.2, 0.25) is 5.91 Å². The van der Waals surface area contributed by atoms with Crippen molar-refractivity contribution in [1.29, 1.82) is 0 Å². The summed E-state index contributed by atoms with van der Waals surface area (Å²) in [6.07, 6.45) is 4.41. The van der Waals surface area contributed by atoms with Crippen molar-refractivity contribution >= 4 is 5.91 Å². The first-order chi connectivity index (χ1) is 12.4. The van der Waals surface area contributed by atoms with Crippen molar-refractivity contribution in [1.82, 2.24) is 25.1 Å². The molecule has 0 atom stereocenters. The minimum absolute atomic E-state index is 0.135. The van der Waals surface area contributed by atoms with Crippen molar-refractivity contribution in [2.75, 3.05) is 7.05 Å². The maximum absolute atomic E-state index is 12.6. The molecule has 140 valence electrons. The van der Waals surface area contributed by atoms with Crippen molar-refractivity contribution < 1.29 is 4.79 Å². The van der Waals surface area contributed by atoms with Gasteiger partial charge in [0.15, 0.2) is 5.82 Å². The van der Waals surface area contributed by atoms with E-state index < -0.39 is 5.54 Å². The highest BCUT2D eigenvalue weighted by molar-refractivity contribution is 5.76. The van der Waals surface area contributed by atoms with Gasteiger partial charge in [-0.05, 0) is 67.0 Å². The zero-order valence-electron chi connectivity index (χ0n) is 16.5. The molecule has 1 heterocycles. The van der Waals surface area contributed by atoms with Gasteiger partial charge in [-0.3, -0.25) is 4.79 Å². The van der Waals surface area contributed by atoms with Crippen LogP contribution in [0.2, 0.25) is 0 Å². The van der Waals surface area contributed by atoms with Crippen LogP contribution < -0.4 is 0 Å². The minimum Gasteiger partial charge on any atom is -0.333 e. The van der Waals surface area contributed by atoms with Crippen LogP contribution in [-0.2, 0) is 10.3 Å². The summed E-state index contributed by atoms with van der Waals surface area (Å²) >= 11 is 0. The molecule has 1 fully saturated rings. The van der Waals surface area contributed by atoms with Gasteiger partial charge < -0.3 is 4.90 Å². The molecule has 1 aromatic heterocycles. The lowest BCUT2D eigenvalue weighted by molar-refractivity contribution is -0.138. The molecule has 2 aromatic rings. The monoisotopic (exact) mass is 355 g/mol. The number of benzene rings is 1. The normalized spacial score (nSPS) is 23.0. The first-order valence-electron chi connectivity index (χ1n) is 9.53. The Kier molecular flexibility index (Phi) is 5.12. The zero-order valence-corrected chi connectivity index (χ0v) is 16.5. The molecule has 6 nitrogen and oxygen atoms in total. The summed E-state index contributed by atoms with van der Waals surface area (Å²) in [5, 5.41) is 12.8. The topological polar surface area (TPSA) is 63.9 Å². The summed E-state index contributed by atoms with van der Waals surface area (Å²) in [7, 11) is 1.91. The smallest absolute Gasteiger partial charge is 0.222 e. The van der Waals surface area contributed by atoms with Gasteiger partial charge in [-0.25, -0.2) is 0 Å². The van der Waals surface area contributed by atoms with E-state index in [0.717, 1.165) is 48.3 Å². The van der Waals surface area contributed by atoms with Gasteiger partial charge in [0.1, 0.15) is 5.54 Å². The highest BCUT2D eigenvalue weighted by Gasteiger charge is 2.45. The van der Waals surface area contributed by atoms with E-state index in [1.807, 2.05) is 29.6 Å². The van der Waals surface area contributed by atoms with Gasteiger partial charge in [-0.15, -0.1) is 5.10 Å². The average Bonchev–Trinajstić information content (AvgIpc) is 3.11. The molecule has 0 saturated heterocycles. The van der Waals surface area contributed by atoms with Crippen LogP contribution in [0.15, 0.2) is 18.2 Å². The Hall–Kier alpha value is -2.24. The summed E-state index contributed by atoms with van der Waals surface area (Å²) < 4.78 is 1.86. The molecular formula is C20H29N5O. The Bertz CT molecular complexity index is 769. The Balaban J connectivity index is 2.16. The number of tetrazole rings is 1. The number of nitrogens with zero attached hydrogens (tertiary/aromatic N) is 5. The predicted molar refractivity (Wildman–Crippen MR) is 101 cm³/mol. The number of carbonyl (C=O) groups is 1. The van der Waals surface area contributed by atoms with Crippen LogP contribution in [0.3, 0.4) is 0 Å². The second-order valence-electron chi connectivity index (χ2n) is 7.68. The van der Waals surface area contributed by atoms with E-state index >= 15 is 0 Å². The van der Waals surface area contributed by atoms with E-state index in [1.54, 1.807) is 0 Å². The third-order valence-corrected chi connectivity index (χ3v) is 5.96. The van der Waals surface area contributed by atoms with Gasteiger partial charge in [0.05, 0.1) is 5.69 Å². The van der Waals surface area contributed by atoms with E-state index in [9.17, 15) is 4.79 Å². The third-order valence-electron chi connectivity index (χ3n) is 5.96. The summed E-state index contributed by atoms with van der Waals surface area (Å²) in [5.74, 6) is 1.58. The Morgan fingerprint density at radius 2 is 1.88 bits per heavy atom. The first-order valence-corrected chi connectivity index (χ1v) is 9.53. The fourth-order valence-corrected chi connectivity index (χ4v) is 4.19. The van der Waals surface area contributed by atoms with Crippen molar-refractivity contribution in [3.63, 3.8) is 0 Å². The van der Waals surface area contributed by atoms with E-state index in [-0.39, 0.29) is 5.91 Å². The van der Waals surface area contributed by atoms with E-state index in [1.165, 1.54) is 0 Å². The lowest BCUT2D eigenvalue weighted by atomic mass is 9.75. The molecule has 1 aliphatic rings. The molecule has 6 heteroatoms. The standard InChI is InChI=1S/C20H29N5O/c1-6-17(26)24(5)20(12-10-14(2)11-13-20)19-21-22-23-25(19)18-15(3)8-7-9-16(18)4/h7-9,14H,6,10-13H2,1-5H3. The molecule has 1 aliphatic carbocycles. The second kappa shape index (κ2) is 7.17. The van der Waals surface area contributed by atoms with Crippen LogP contribution in [0.25, 0.3) is 5.69 Å². The predicted octanol–water partition coefficient (Wildman–Crippen LogP) is 3.55. The Morgan fingerprint density at radius 3 is 2.46 bits per heavy atom. The lowest BCUT2D eigenvalue weighted by Gasteiger charge is -2.44. The number of aryl methyl sites for hydroxylation is 2. The number of hydrogen-bond donors (Lipinski definition) is 0. The molecule has 1 aromatic carbocycles. The largest absolute Gasteiger partial charge is 0.333 e. The summed E-state index contributed by atoms with van der Waals surface area (Å²) in [6, 6.07) is 6.19. The highest BCUT2D eigenvalue weighted by atomic mass is 16.2. The molecule has 3 rings (SSSR count). The Morgan fingerprint density at radius 1 is 1.27 bits per heavy atom. The van der Waals surface area contributed by atoms with Gasteiger partial charge in [0, 0.05) is 13.5 Å². The van der Waals surface area contributed by atoms with E-state index in [4.69, 9.17) is 0 Å². The van der Waals surface area contributed by atoms with Crippen LogP contribution in [0.1, 0.15) is 62.9 Å². The van der Waals surface area contributed by atoms with E-state index in [0.29, 0.717) is 12.3 Å². The molecule has 26 heavy (non-hydrogen) atoms. The fourth-order valence-electron chi connectivity index (χ4n) is 4.19. The van der Waals surface area contributed by atoms with Crippen LogP contribution in [0.4, 0.5) is 0 Å². The van der Waals surface area contributed by atoms with Crippen molar-refractivity contribution in [2.24, 2.45) is 5.92 Å². The van der Waals surface area contributed by atoms with Crippen LogP contribution in [0.5, 0.6) is 0 Å². The van der Waals surface area contributed by atoms with Crippen LogP contribution in [-0.4, -0.2) is 38.1 Å². The summed E-state index contributed by atoms with van der Waals surface area (Å²) in [4.78, 5) is 14.5. The molecule has 0 unspecified atom stereocenters. The van der Waals surface area contributed by atoms with Gasteiger partial charge in [0.25, 0.3) is 0 Å². The van der Waals surface area contributed by atoms with Crippen molar-refractivity contribution in [3.8, 4) is 5.69 Å². The maximum atomic E-state index is 12.6. The lowest BCUT2D eigenvalue weighted by Crippen LogP contribution is -2.50. The number of rotatable bonds is 4. The Labute approximate surface area is 155 Å². The second-order valence-corrected chi connectivity index (χ2v) is 7.68. The van der Waals surface area contributed by atoms with Gasteiger partial charge in [-0.2, -0.15) is 4.68 Å². The molecule has 0 spiro atoms. The number of para-hydroxylation sites is 1. The van der Waals surface area contributed by atoms with Crippen molar-refractivity contribution in [3.05, 3.63) is 35.2 Å². The molecule has 0 aliphatic heterocycles. The van der Waals surface area contributed by atoms with Crippen molar-refractivity contribution in [2.45, 2.75) is 65.3 Å². The minimum atomic E-state index is -0.447. The van der Waals surface area contributed by atoms with Gasteiger partial charge in [-0.1, -0.05) is 32.0 Å². The number of aromatic nitrogens is 4. The highest BCUT2D eigenvalue weighted by Crippen LogP contribution is 2.43. The molecule has 1 saturated carbocycles. The zero-order chi connectivity index (χ0) is 18.9. The quantitative estimate of drug-likeness (QED) is 0.841. The summed E-state index contributed by atoms with van der Waals surface area (Å²) in [6.45, 7) is 8.33. The maximum Gasteiger partial charge on any atom is 0.222 e. The number of hydrogen-bond acceptors (Lipinski definition) is 4. The molecule has 0 bridgehead atoms. The van der Waals surface area contributed by atoms with E-state index in [2.05, 4.69) is 48.4 Å². The van der Waals surface area contributed by atoms with Crippen LogP contribution in [0, 0.1) is 19.8 Å². The van der Waals surface area contributed by atoms with Crippen LogP contribution >= 0.6 is 0 Å². The molecule has 0 radical (unpaired) electrons. The molecule has 1 amide bonds. The molecule has 0 N–H and O–H groups in total. The summed E-state index contributed by atoms with van der Waals surface area (Å²) in [5.41, 5.74) is 2.82. The third kappa shape index (κ3) is 3.02. The number of amides is 1.